The van der Waals surface area contributed by atoms with Crippen LogP contribution in [0.25, 0.3) is 0 Å². The summed E-state index contributed by atoms with van der Waals surface area (Å²) in [5.74, 6) is 5.37. The quantitative estimate of drug-likeness (QED) is 0.368. The second-order valence-electron chi connectivity index (χ2n) is 4.84. The van der Waals surface area contributed by atoms with Gasteiger partial charge in [-0.1, -0.05) is 12.1 Å². The molecule has 0 aromatic carbocycles. The molecule has 1 aromatic rings. The molecule has 0 spiro atoms. The van der Waals surface area contributed by atoms with Crippen molar-refractivity contribution in [2.24, 2.45) is 5.84 Å². The average molecular weight is 247 g/mol. The largest absolute Gasteiger partial charge is 0.450 e. The summed E-state index contributed by atoms with van der Waals surface area (Å²) in [7, 11) is 0. The third-order valence-corrected chi connectivity index (χ3v) is 2.97. The lowest BCUT2D eigenvalue weighted by molar-refractivity contribution is 0.0141. The van der Waals surface area contributed by atoms with Crippen LogP contribution in [-0.2, 0) is 4.74 Å². The normalized spacial score (nSPS) is 13.9. The van der Waals surface area contributed by atoms with Crippen LogP contribution < -0.4 is 11.3 Å². The number of hydrazine groups is 1. The summed E-state index contributed by atoms with van der Waals surface area (Å²) in [6, 6.07) is 3.41. The number of aromatic nitrogens is 1. The molecule has 0 bridgehead atoms. The van der Waals surface area contributed by atoms with Crippen molar-refractivity contribution in [3.05, 3.63) is 35.0 Å². The first-order valence-electron chi connectivity index (χ1n) is 5.81. The third kappa shape index (κ3) is 2.51. The third-order valence-electron chi connectivity index (χ3n) is 2.97. The summed E-state index contributed by atoms with van der Waals surface area (Å²) in [6.45, 7) is 5.61. The highest BCUT2D eigenvalue weighted by molar-refractivity contribution is 5.88. The molecule has 0 radical (unpaired) electrons. The van der Waals surface area contributed by atoms with Crippen molar-refractivity contribution in [2.45, 2.75) is 32.8 Å². The Kier molecular flexibility index (Phi) is 3.09. The molecule has 0 amide bonds. The van der Waals surface area contributed by atoms with Gasteiger partial charge in [0.25, 0.3) is 0 Å². The van der Waals surface area contributed by atoms with E-state index in [1.807, 2.05) is 26.8 Å². The Labute approximate surface area is 106 Å². The summed E-state index contributed by atoms with van der Waals surface area (Å²) < 4.78 is 5.45. The fourth-order valence-electron chi connectivity index (χ4n) is 1.68. The minimum atomic E-state index is -0.556. The van der Waals surface area contributed by atoms with Crippen LogP contribution in [0.15, 0.2) is 23.8 Å². The first-order valence-corrected chi connectivity index (χ1v) is 5.81. The van der Waals surface area contributed by atoms with Gasteiger partial charge in [0, 0.05) is 0 Å². The molecule has 0 fully saturated rings. The monoisotopic (exact) mass is 247 g/mol. The zero-order valence-electron chi connectivity index (χ0n) is 10.8. The fraction of sp³-hybridized carbons (Fsp3) is 0.385. The lowest BCUT2D eigenvalue weighted by atomic mass is 10.1. The Morgan fingerprint density at radius 3 is 2.72 bits per heavy atom. The Balaban J connectivity index is 2.16. The average Bonchev–Trinajstić information content (AvgIpc) is 3.13. The molecule has 2 rings (SSSR count). The van der Waals surface area contributed by atoms with E-state index in [0.29, 0.717) is 5.82 Å². The molecule has 5 nitrogen and oxygen atoms in total. The molecule has 96 valence electrons. The lowest BCUT2D eigenvalue weighted by Crippen LogP contribution is -2.28. The highest BCUT2D eigenvalue weighted by Crippen LogP contribution is 2.34. The lowest BCUT2D eigenvalue weighted by Gasteiger charge is -2.22. The van der Waals surface area contributed by atoms with Crippen LogP contribution in [0.4, 0.5) is 5.82 Å². The first-order chi connectivity index (χ1) is 8.44. The molecular formula is C13H17N3O2. The van der Waals surface area contributed by atoms with Gasteiger partial charge in [0.1, 0.15) is 11.4 Å². The molecule has 1 heterocycles. The van der Waals surface area contributed by atoms with Gasteiger partial charge in [-0.05, 0) is 44.4 Å². The molecule has 1 aliphatic rings. The smallest absolute Gasteiger partial charge is 0.357 e. The second-order valence-corrected chi connectivity index (χ2v) is 4.84. The molecule has 5 heteroatoms. The second kappa shape index (κ2) is 4.42. The molecule has 0 unspecified atom stereocenters. The standard InChI is InChI=1S/C13H17N3O2/c1-8-4-7-10(15-11(8)16-14)12(17)18-13(2,3)9-5-6-9/h4-5,7H,6,14H2,1-3H3,(H,15,16). The summed E-state index contributed by atoms with van der Waals surface area (Å²) >= 11 is 0. The molecule has 0 atom stereocenters. The molecule has 0 saturated heterocycles. The number of nitrogens with zero attached hydrogens (tertiary/aromatic N) is 1. The molecule has 0 aliphatic heterocycles. The predicted octanol–water partition coefficient (Wildman–Crippen LogP) is 1.94. The van der Waals surface area contributed by atoms with E-state index in [9.17, 15) is 4.79 Å². The van der Waals surface area contributed by atoms with Crippen molar-refractivity contribution in [1.29, 1.82) is 0 Å². The van der Waals surface area contributed by atoms with Gasteiger partial charge in [-0.15, -0.1) is 0 Å². The Bertz CT molecular complexity index is 521. The fourth-order valence-corrected chi connectivity index (χ4v) is 1.68. The maximum absolute atomic E-state index is 12.0. The van der Waals surface area contributed by atoms with Gasteiger partial charge < -0.3 is 10.2 Å². The number of carbonyl (C=O) groups is 1. The van der Waals surface area contributed by atoms with Crippen LogP contribution in [0.2, 0.25) is 0 Å². The van der Waals surface area contributed by atoms with Crippen molar-refractivity contribution in [2.75, 3.05) is 5.43 Å². The number of anilines is 1. The first kappa shape index (κ1) is 12.6. The van der Waals surface area contributed by atoms with Gasteiger partial charge in [0.05, 0.1) is 0 Å². The van der Waals surface area contributed by atoms with Crippen molar-refractivity contribution in [1.82, 2.24) is 4.98 Å². The number of pyridine rings is 1. The number of nitrogens with one attached hydrogen (secondary N) is 1. The summed E-state index contributed by atoms with van der Waals surface area (Å²) in [5.41, 5.74) is 4.17. The molecular weight excluding hydrogens is 230 g/mol. The number of hydrogen-bond acceptors (Lipinski definition) is 5. The van der Waals surface area contributed by atoms with Gasteiger partial charge >= 0.3 is 5.97 Å². The van der Waals surface area contributed by atoms with E-state index in [2.05, 4.69) is 10.4 Å². The van der Waals surface area contributed by atoms with Crippen molar-refractivity contribution in [3.63, 3.8) is 0 Å². The van der Waals surface area contributed by atoms with E-state index in [4.69, 9.17) is 10.6 Å². The Hall–Kier alpha value is -1.88. The van der Waals surface area contributed by atoms with Crippen molar-refractivity contribution in [3.8, 4) is 0 Å². The number of allylic oxidation sites excluding steroid dienone is 1. The number of nitrogens with two attached hydrogens (primary N) is 1. The molecule has 18 heavy (non-hydrogen) atoms. The highest BCUT2D eigenvalue weighted by atomic mass is 16.6. The van der Waals surface area contributed by atoms with Crippen molar-refractivity contribution >= 4 is 11.8 Å². The van der Waals surface area contributed by atoms with E-state index >= 15 is 0 Å². The van der Waals surface area contributed by atoms with Crippen LogP contribution in [-0.4, -0.2) is 16.6 Å². The number of carbonyl (C=O) groups excluding carboxylic acids is 1. The van der Waals surface area contributed by atoms with E-state index in [0.717, 1.165) is 17.6 Å². The summed E-state index contributed by atoms with van der Waals surface area (Å²) in [4.78, 5) is 16.1. The van der Waals surface area contributed by atoms with Crippen LogP contribution in [0, 0.1) is 6.92 Å². The number of ether oxygens (including phenoxy) is 1. The Morgan fingerprint density at radius 1 is 1.50 bits per heavy atom. The highest BCUT2D eigenvalue weighted by Gasteiger charge is 2.33. The minimum absolute atomic E-state index is 0.253. The molecule has 1 aromatic heterocycles. The SMILES string of the molecule is Cc1ccc(C(=O)OC(C)(C)C2=CC2)nc1NN. The Morgan fingerprint density at radius 2 is 2.17 bits per heavy atom. The van der Waals surface area contributed by atoms with Gasteiger partial charge in [-0.3, -0.25) is 0 Å². The van der Waals surface area contributed by atoms with Gasteiger partial charge in [-0.2, -0.15) is 0 Å². The van der Waals surface area contributed by atoms with Crippen LogP contribution in [0.3, 0.4) is 0 Å². The van der Waals surface area contributed by atoms with Crippen LogP contribution in [0.5, 0.6) is 0 Å². The van der Waals surface area contributed by atoms with Crippen LogP contribution >= 0.6 is 0 Å². The topological polar surface area (TPSA) is 77.2 Å². The van der Waals surface area contributed by atoms with Crippen LogP contribution in [0.1, 0.15) is 36.3 Å². The zero-order valence-corrected chi connectivity index (χ0v) is 10.8. The van der Waals surface area contributed by atoms with Crippen molar-refractivity contribution < 1.29 is 9.53 Å². The van der Waals surface area contributed by atoms with E-state index in [1.165, 1.54) is 0 Å². The molecule has 3 N–H and O–H groups in total. The van der Waals surface area contributed by atoms with Gasteiger partial charge in [0.2, 0.25) is 0 Å². The molecule has 1 aliphatic carbocycles. The van der Waals surface area contributed by atoms with E-state index in [-0.39, 0.29) is 5.69 Å². The number of rotatable bonds is 4. The number of aryl methyl sites for hydroxylation is 1. The van der Waals surface area contributed by atoms with Gasteiger partial charge in [-0.25, -0.2) is 15.6 Å². The summed E-state index contributed by atoms with van der Waals surface area (Å²) in [6.07, 6.45) is 2.96. The van der Waals surface area contributed by atoms with E-state index < -0.39 is 11.6 Å². The number of esters is 1. The maximum atomic E-state index is 12.0. The summed E-state index contributed by atoms with van der Waals surface area (Å²) in [5, 5.41) is 0. The van der Waals surface area contributed by atoms with E-state index in [1.54, 1.807) is 12.1 Å². The molecule has 0 saturated carbocycles. The zero-order chi connectivity index (χ0) is 13.3. The number of nitrogen functional groups attached to an aromatic ring is 1. The predicted molar refractivity (Wildman–Crippen MR) is 69.0 cm³/mol. The van der Waals surface area contributed by atoms with Gasteiger partial charge in [0.15, 0.2) is 5.69 Å². The number of hydrogen-bond donors (Lipinski definition) is 2. The minimum Gasteiger partial charge on any atom is -0.450 e. The maximum Gasteiger partial charge on any atom is 0.357 e.